The second-order valence-corrected chi connectivity index (χ2v) is 16.7. The summed E-state index contributed by atoms with van der Waals surface area (Å²) in [7, 11) is 0. The van der Waals surface area contributed by atoms with Crippen molar-refractivity contribution in [3.05, 3.63) is 88.7 Å². The molecule has 0 radical (unpaired) electrons. The lowest BCUT2D eigenvalue weighted by atomic mass is 9.71. The lowest BCUT2D eigenvalue weighted by Gasteiger charge is -2.44. The highest BCUT2D eigenvalue weighted by molar-refractivity contribution is 6.30. The third-order valence-corrected chi connectivity index (χ3v) is 11.1. The number of nitrogens with zero attached hydrogens (tertiary/aromatic N) is 5. The number of hydrogen-bond donors (Lipinski definition) is 2. The first kappa shape index (κ1) is 37.7. The van der Waals surface area contributed by atoms with Gasteiger partial charge in [-0.1, -0.05) is 36.2 Å². The smallest absolute Gasteiger partial charge is 0.410 e. The number of ether oxygens (including phenoxy) is 2. The Morgan fingerprint density at radius 2 is 1.67 bits per heavy atom. The highest BCUT2D eigenvalue weighted by Gasteiger charge is 2.36. The van der Waals surface area contributed by atoms with Gasteiger partial charge in [-0.05, 0) is 93.0 Å². The van der Waals surface area contributed by atoms with Gasteiger partial charge in [-0.15, -0.1) is 0 Å². The summed E-state index contributed by atoms with van der Waals surface area (Å²) in [6, 6.07) is 17.4. The van der Waals surface area contributed by atoms with Crippen LogP contribution in [0.4, 0.5) is 10.5 Å². The van der Waals surface area contributed by atoms with Crippen molar-refractivity contribution >= 4 is 46.0 Å². The van der Waals surface area contributed by atoms with E-state index in [1.54, 1.807) is 12.3 Å². The molecule has 7 rings (SSSR count). The second kappa shape index (κ2) is 15.6. The van der Waals surface area contributed by atoms with Gasteiger partial charge in [0, 0.05) is 93.8 Å². The molecule has 0 unspecified atom stereocenters. The van der Waals surface area contributed by atoms with Gasteiger partial charge in [0.25, 0.3) is 0 Å². The monoisotopic (exact) mass is 754 g/mol. The Morgan fingerprint density at radius 3 is 2.37 bits per heavy atom. The molecule has 4 aromatic rings. The van der Waals surface area contributed by atoms with Gasteiger partial charge in [0.2, 0.25) is 0 Å². The number of carbonyl (C=O) groups is 2. The molecule has 286 valence electrons. The van der Waals surface area contributed by atoms with Crippen molar-refractivity contribution in [3.8, 4) is 11.5 Å². The molecule has 2 N–H and O–H groups in total. The van der Waals surface area contributed by atoms with E-state index in [1.165, 1.54) is 16.7 Å². The van der Waals surface area contributed by atoms with Crippen molar-refractivity contribution in [2.75, 3.05) is 70.3 Å². The number of rotatable bonds is 9. The van der Waals surface area contributed by atoms with Gasteiger partial charge in [0.1, 0.15) is 28.3 Å². The molecule has 2 aliphatic heterocycles. The van der Waals surface area contributed by atoms with Crippen LogP contribution in [0.25, 0.3) is 16.6 Å². The molecule has 4 heterocycles. The van der Waals surface area contributed by atoms with Gasteiger partial charge in [0.05, 0.1) is 6.20 Å². The molecule has 12 heteroatoms. The average Bonchev–Trinajstić information content (AvgIpc) is 3.60. The number of piperazine rings is 2. The van der Waals surface area contributed by atoms with E-state index >= 15 is 0 Å². The van der Waals surface area contributed by atoms with Crippen molar-refractivity contribution < 1.29 is 24.2 Å². The summed E-state index contributed by atoms with van der Waals surface area (Å²) < 4.78 is 11.8. The largest absolute Gasteiger partial charge is 0.478 e. The number of carboxylic acid groups (broad SMARTS) is 1. The SMILES string of the molecule is CC(C)(C)OC(=O)N1CCN(C[C@]2(C)CCC(c3ccc(Cl)cc3)=C(CN3CCN(c4ccc(C(=O)O)c(Oc5cnc6[nH]ccc6c5)c4)CC3)C2)CC1. The molecule has 2 aromatic carbocycles. The molecule has 1 atom stereocenters. The van der Waals surface area contributed by atoms with E-state index in [-0.39, 0.29) is 17.1 Å². The lowest BCUT2D eigenvalue weighted by molar-refractivity contribution is 0.0104. The zero-order valence-corrected chi connectivity index (χ0v) is 32.5. The van der Waals surface area contributed by atoms with Crippen molar-refractivity contribution in [2.24, 2.45) is 5.41 Å². The molecule has 1 aliphatic carbocycles. The number of nitrogens with one attached hydrogen (secondary N) is 1. The highest BCUT2D eigenvalue weighted by atomic mass is 35.5. The van der Waals surface area contributed by atoms with Crippen molar-refractivity contribution in [1.82, 2.24) is 24.7 Å². The van der Waals surface area contributed by atoms with Crippen LogP contribution in [0, 0.1) is 5.41 Å². The summed E-state index contributed by atoms with van der Waals surface area (Å²) in [5.74, 6) is -0.257. The maximum Gasteiger partial charge on any atom is 0.410 e. The van der Waals surface area contributed by atoms with Gasteiger partial charge < -0.3 is 29.4 Å². The lowest BCUT2D eigenvalue weighted by Crippen LogP contribution is -2.52. The minimum atomic E-state index is -1.04. The quantitative estimate of drug-likeness (QED) is 0.175. The van der Waals surface area contributed by atoms with E-state index in [4.69, 9.17) is 21.1 Å². The van der Waals surface area contributed by atoms with E-state index in [9.17, 15) is 14.7 Å². The minimum absolute atomic E-state index is 0.110. The Hall–Kier alpha value is -4.58. The third kappa shape index (κ3) is 9.02. The predicted molar refractivity (Wildman–Crippen MR) is 213 cm³/mol. The van der Waals surface area contributed by atoms with E-state index in [0.29, 0.717) is 24.6 Å². The Bertz CT molecular complexity index is 2010. The van der Waals surface area contributed by atoms with Crippen LogP contribution in [-0.2, 0) is 4.74 Å². The molecule has 2 saturated heterocycles. The number of hydrogen-bond acceptors (Lipinski definition) is 8. The summed E-state index contributed by atoms with van der Waals surface area (Å²) in [5, 5.41) is 11.6. The first-order valence-electron chi connectivity index (χ1n) is 18.9. The standard InChI is InChI=1S/C42H51ClN6O5/c1-41(2,3)54-40(52)49-21-17-47(18-22-49)28-42(4)13-11-35(29-5-7-32(43)8-6-29)31(25-42)27-46-15-19-48(20-16-46)33-9-10-36(39(50)51)37(24-33)53-34-23-30-12-14-44-38(30)45-26-34/h5-10,12,14,23-24,26H,11,13,15-22,25,27-28H2,1-4H3,(H,44,45)(H,50,51)/t42-/m1/s1. The molecule has 54 heavy (non-hydrogen) atoms. The zero-order chi connectivity index (χ0) is 38.0. The Kier molecular flexibility index (Phi) is 10.9. The van der Waals surface area contributed by atoms with Gasteiger partial charge in [0.15, 0.2) is 0 Å². The van der Waals surface area contributed by atoms with Crippen molar-refractivity contribution in [3.63, 3.8) is 0 Å². The summed E-state index contributed by atoms with van der Waals surface area (Å²) in [6.45, 7) is 16.5. The minimum Gasteiger partial charge on any atom is -0.478 e. The normalized spacial score (nSPS) is 20.4. The molecular weight excluding hydrogens is 704 g/mol. The Labute approximate surface area is 322 Å². The number of carboxylic acids is 1. The average molecular weight is 755 g/mol. The number of benzene rings is 2. The molecular formula is C42H51ClN6O5. The van der Waals surface area contributed by atoms with Crippen LogP contribution >= 0.6 is 11.6 Å². The number of aromatic amines is 1. The van der Waals surface area contributed by atoms with E-state index in [2.05, 4.69) is 43.7 Å². The van der Waals surface area contributed by atoms with Crippen LogP contribution in [0.2, 0.25) is 5.02 Å². The molecule has 1 amide bonds. The molecule has 3 aliphatic rings. The number of pyridine rings is 1. The maximum atomic E-state index is 12.7. The van der Waals surface area contributed by atoms with E-state index < -0.39 is 11.6 Å². The summed E-state index contributed by atoms with van der Waals surface area (Å²) in [4.78, 5) is 41.5. The number of amides is 1. The molecule has 0 saturated carbocycles. The summed E-state index contributed by atoms with van der Waals surface area (Å²) in [5.41, 5.74) is 5.58. The van der Waals surface area contributed by atoms with Crippen LogP contribution in [0.15, 0.2) is 72.6 Å². The number of carbonyl (C=O) groups excluding carboxylic acids is 1. The third-order valence-electron chi connectivity index (χ3n) is 10.8. The summed E-state index contributed by atoms with van der Waals surface area (Å²) >= 11 is 6.31. The fourth-order valence-corrected chi connectivity index (χ4v) is 8.19. The maximum absolute atomic E-state index is 12.7. The van der Waals surface area contributed by atoms with Crippen molar-refractivity contribution in [1.29, 1.82) is 0 Å². The number of anilines is 1. The van der Waals surface area contributed by atoms with Crippen LogP contribution in [0.1, 0.15) is 62.9 Å². The van der Waals surface area contributed by atoms with E-state index in [0.717, 1.165) is 93.4 Å². The van der Waals surface area contributed by atoms with Gasteiger partial charge in [-0.2, -0.15) is 0 Å². The fourth-order valence-electron chi connectivity index (χ4n) is 8.06. The van der Waals surface area contributed by atoms with E-state index in [1.807, 2.05) is 68.3 Å². The van der Waals surface area contributed by atoms with Gasteiger partial charge >= 0.3 is 12.1 Å². The van der Waals surface area contributed by atoms with Crippen LogP contribution in [-0.4, -0.2) is 113 Å². The van der Waals surface area contributed by atoms with Crippen LogP contribution in [0.5, 0.6) is 11.5 Å². The van der Waals surface area contributed by atoms with Gasteiger partial charge in [-0.25, -0.2) is 14.6 Å². The Balaban J connectivity index is 1.02. The second-order valence-electron chi connectivity index (χ2n) is 16.3. The number of halogens is 1. The number of aromatic carboxylic acids is 1. The Morgan fingerprint density at radius 1 is 0.944 bits per heavy atom. The highest BCUT2D eigenvalue weighted by Crippen LogP contribution is 2.44. The topological polar surface area (TPSA) is 114 Å². The fraction of sp³-hybridized carbons (Fsp3) is 0.452. The number of H-pyrrole nitrogens is 1. The zero-order valence-electron chi connectivity index (χ0n) is 31.7. The number of allylic oxidation sites excluding steroid dienone is 1. The first-order chi connectivity index (χ1) is 25.8. The van der Waals surface area contributed by atoms with Crippen LogP contribution in [0.3, 0.4) is 0 Å². The molecule has 0 bridgehead atoms. The van der Waals surface area contributed by atoms with Gasteiger partial charge in [-0.3, -0.25) is 9.80 Å². The molecule has 2 fully saturated rings. The first-order valence-corrected chi connectivity index (χ1v) is 19.3. The number of aromatic nitrogens is 2. The number of fused-ring (bicyclic) bond motifs is 1. The van der Waals surface area contributed by atoms with Crippen LogP contribution < -0.4 is 9.64 Å². The predicted octanol–water partition coefficient (Wildman–Crippen LogP) is 8.03. The molecule has 2 aromatic heterocycles. The van der Waals surface area contributed by atoms with Crippen molar-refractivity contribution in [2.45, 2.75) is 52.6 Å². The molecule has 11 nitrogen and oxygen atoms in total. The summed E-state index contributed by atoms with van der Waals surface area (Å²) in [6.07, 6.45) is 6.31. The molecule has 0 spiro atoms.